The van der Waals surface area contributed by atoms with E-state index in [-0.39, 0.29) is 17.9 Å². The molecule has 0 aromatic heterocycles. The number of hydrogen-bond acceptors (Lipinski definition) is 5. The van der Waals surface area contributed by atoms with E-state index in [0.717, 1.165) is 12.2 Å². The molecule has 9 heteroatoms. The molecule has 164 valence electrons. The number of hydrogen-bond donors (Lipinski definition) is 3. The van der Waals surface area contributed by atoms with E-state index >= 15 is 0 Å². The molecule has 4 rings (SSSR count). The van der Waals surface area contributed by atoms with Gasteiger partial charge in [-0.05, 0) is 49.1 Å². The average Bonchev–Trinajstić information content (AvgIpc) is 3.27. The maximum atomic E-state index is 13.5. The van der Waals surface area contributed by atoms with Crippen LogP contribution in [0.25, 0.3) is 0 Å². The molecular weight excluding hydrogens is 457 g/mol. The Morgan fingerprint density at radius 1 is 1.32 bits per heavy atom. The van der Waals surface area contributed by atoms with Gasteiger partial charge in [-0.3, -0.25) is 14.9 Å². The number of amides is 2. The fourth-order valence-electron chi connectivity index (χ4n) is 4.50. The zero-order chi connectivity index (χ0) is 22.2. The third-order valence-electron chi connectivity index (χ3n) is 5.92. The van der Waals surface area contributed by atoms with Crippen molar-refractivity contribution in [2.45, 2.75) is 24.4 Å². The highest BCUT2D eigenvalue weighted by molar-refractivity contribution is 7.98. The van der Waals surface area contributed by atoms with Gasteiger partial charge in [0.15, 0.2) is 0 Å². The van der Waals surface area contributed by atoms with Crippen LogP contribution < -0.4 is 20.7 Å². The number of carbonyl (C=O) groups is 2. The molecule has 2 amide bonds. The van der Waals surface area contributed by atoms with Gasteiger partial charge in [0.2, 0.25) is 11.8 Å². The predicted molar refractivity (Wildman–Crippen MR) is 126 cm³/mol. The Balaban J connectivity index is 1.73. The third kappa shape index (κ3) is 3.89. The van der Waals surface area contributed by atoms with Crippen molar-refractivity contribution in [3.05, 3.63) is 52.0 Å². The smallest absolute Gasteiger partial charge is 0.250 e. The molecule has 0 aliphatic carbocycles. The van der Waals surface area contributed by atoms with E-state index < -0.39 is 11.5 Å². The Hall–Kier alpha value is -1.93. The van der Waals surface area contributed by atoms with Crippen molar-refractivity contribution in [2.75, 3.05) is 29.8 Å². The lowest BCUT2D eigenvalue weighted by atomic mass is 9.79. The fourth-order valence-corrected chi connectivity index (χ4v) is 5.41. The molecule has 6 nitrogen and oxygen atoms in total. The maximum Gasteiger partial charge on any atom is 0.250 e. The summed E-state index contributed by atoms with van der Waals surface area (Å²) in [6.07, 6.45) is 3.41. The van der Waals surface area contributed by atoms with Crippen LogP contribution >= 0.6 is 35.0 Å². The summed E-state index contributed by atoms with van der Waals surface area (Å²) in [4.78, 5) is 26.9. The number of carbonyl (C=O) groups excluding carboxylic acids is 2. The van der Waals surface area contributed by atoms with Crippen LogP contribution in [0.15, 0.2) is 36.4 Å². The van der Waals surface area contributed by atoms with Crippen LogP contribution in [0.2, 0.25) is 10.0 Å². The van der Waals surface area contributed by atoms with Gasteiger partial charge in [0.05, 0.1) is 29.4 Å². The van der Waals surface area contributed by atoms with Crippen molar-refractivity contribution >= 4 is 58.2 Å². The van der Waals surface area contributed by atoms with Gasteiger partial charge in [-0.15, -0.1) is 0 Å². The molecule has 0 bridgehead atoms. The first-order valence-electron chi connectivity index (χ1n) is 9.92. The van der Waals surface area contributed by atoms with E-state index in [4.69, 9.17) is 27.9 Å². The highest BCUT2D eigenvalue weighted by Crippen LogP contribution is 2.49. The zero-order valence-electron chi connectivity index (χ0n) is 17.1. The Labute approximate surface area is 195 Å². The first-order chi connectivity index (χ1) is 14.9. The number of anilines is 2. The highest BCUT2D eigenvalue weighted by atomic mass is 35.5. The van der Waals surface area contributed by atoms with E-state index in [1.807, 2.05) is 12.3 Å². The first kappa shape index (κ1) is 22.3. The first-order valence-corrected chi connectivity index (χ1v) is 12.1. The molecule has 2 aromatic rings. The number of thioether (sulfide) groups is 1. The van der Waals surface area contributed by atoms with Crippen molar-refractivity contribution in [1.82, 2.24) is 5.32 Å². The SMILES string of the molecule is COc1ccc(Cl)cc1NC(=O)[C@@H]1C[C@H](CCSC)N[C@@]12C(=O)Nc1c(Cl)cccc12. The average molecular weight is 480 g/mol. The summed E-state index contributed by atoms with van der Waals surface area (Å²) in [5, 5.41) is 10.2. The van der Waals surface area contributed by atoms with Gasteiger partial charge in [0.25, 0.3) is 0 Å². The van der Waals surface area contributed by atoms with Crippen LogP contribution in [0.1, 0.15) is 18.4 Å². The molecule has 0 saturated carbocycles. The second-order valence-electron chi connectivity index (χ2n) is 7.67. The zero-order valence-corrected chi connectivity index (χ0v) is 19.5. The van der Waals surface area contributed by atoms with Gasteiger partial charge in [-0.1, -0.05) is 35.3 Å². The number of fused-ring (bicyclic) bond motifs is 2. The van der Waals surface area contributed by atoms with Crippen LogP contribution in [0.5, 0.6) is 5.75 Å². The van der Waals surface area contributed by atoms with Gasteiger partial charge in [-0.25, -0.2) is 0 Å². The molecule has 1 saturated heterocycles. The minimum atomic E-state index is -1.18. The van der Waals surface area contributed by atoms with Crippen molar-refractivity contribution in [2.24, 2.45) is 5.92 Å². The minimum Gasteiger partial charge on any atom is -0.495 e. The van der Waals surface area contributed by atoms with Crippen molar-refractivity contribution in [1.29, 1.82) is 0 Å². The molecule has 0 radical (unpaired) electrons. The lowest BCUT2D eigenvalue weighted by Crippen LogP contribution is -2.52. The normalized spacial score (nSPS) is 24.2. The van der Waals surface area contributed by atoms with Crippen LogP contribution in [-0.4, -0.2) is 37.0 Å². The molecule has 2 aromatic carbocycles. The molecule has 2 aliphatic rings. The molecule has 3 atom stereocenters. The quantitative estimate of drug-likeness (QED) is 0.567. The highest BCUT2D eigenvalue weighted by Gasteiger charge is 2.60. The Bertz CT molecular complexity index is 1040. The maximum absolute atomic E-state index is 13.5. The van der Waals surface area contributed by atoms with E-state index in [1.165, 1.54) is 7.11 Å². The summed E-state index contributed by atoms with van der Waals surface area (Å²) < 4.78 is 5.36. The summed E-state index contributed by atoms with van der Waals surface area (Å²) in [6, 6.07) is 10.4. The number of methoxy groups -OCH3 is 1. The number of rotatable bonds is 6. The number of benzene rings is 2. The molecule has 0 unspecified atom stereocenters. The standard InChI is InChI=1S/C22H23Cl2N3O3S/c1-30-18-7-6-12(23)10-17(18)25-20(28)15-11-13(8-9-31-2)27-22(15)14-4-3-5-16(24)19(14)26-21(22)29/h3-7,10,13,15,27H,8-9,11H2,1-2H3,(H,25,28)(H,26,29)/t13-,15-,22+/m0/s1. The largest absolute Gasteiger partial charge is 0.495 e. The predicted octanol–water partition coefficient (Wildman–Crippen LogP) is 4.52. The monoisotopic (exact) mass is 479 g/mol. The molecule has 31 heavy (non-hydrogen) atoms. The summed E-state index contributed by atoms with van der Waals surface area (Å²) in [5.41, 5.74) is 0.548. The Morgan fingerprint density at radius 2 is 2.13 bits per heavy atom. The fraction of sp³-hybridized carbons (Fsp3) is 0.364. The van der Waals surface area contributed by atoms with Gasteiger partial charge in [0, 0.05) is 16.6 Å². The van der Waals surface area contributed by atoms with Gasteiger partial charge < -0.3 is 15.4 Å². The molecule has 2 aliphatic heterocycles. The molecule has 3 N–H and O–H groups in total. The number of nitrogens with one attached hydrogen (secondary N) is 3. The van der Waals surface area contributed by atoms with Crippen molar-refractivity contribution in [3.63, 3.8) is 0 Å². The van der Waals surface area contributed by atoms with Gasteiger partial charge in [-0.2, -0.15) is 11.8 Å². The van der Waals surface area contributed by atoms with Crippen LogP contribution in [0.3, 0.4) is 0 Å². The summed E-state index contributed by atoms with van der Waals surface area (Å²) >= 11 is 14.2. The lowest BCUT2D eigenvalue weighted by molar-refractivity contribution is -0.130. The van der Waals surface area contributed by atoms with E-state index in [2.05, 4.69) is 16.0 Å². The van der Waals surface area contributed by atoms with Crippen LogP contribution in [-0.2, 0) is 15.1 Å². The van der Waals surface area contributed by atoms with Gasteiger partial charge >= 0.3 is 0 Å². The minimum absolute atomic E-state index is 0.0140. The third-order valence-corrected chi connectivity index (χ3v) is 7.11. The summed E-state index contributed by atoms with van der Waals surface area (Å²) in [5.74, 6) is 0.246. The molecular formula is C22H23Cl2N3O3S. The summed E-state index contributed by atoms with van der Waals surface area (Å²) in [7, 11) is 1.53. The van der Waals surface area contributed by atoms with E-state index in [1.54, 1.807) is 42.1 Å². The molecule has 1 spiro atoms. The second kappa shape index (κ2) is 8.90. The second-order valence-corrected chi connectivity index (χ2v) is 9.50. The number of ether oxygens (including phenoxy) is 1. The summed E-state index contributed by atoms with van der Waals surface area (Å²) in [6.45, 7) is 0. The van der Waals surface area contributed by atoms with Crippen LogP contribution in [0, 0.1) is 5.92 Å². The number of para-hydroxylation sites is 1. The van der Waals surface area contributed by atoms with Crippen molar-refractivity contribution < 1.29 is 14.3 Å². The van der Waals surface area contributed by atoms with E-state index in [0.29, 0.717) is 39.2 Å². The van der Waals surface area contributed by atoms with E-state index in [9.17, 15) is 9.59 Å². The molecule has 1 fully saturated rings. The van der Waals surface area contributed by atoms with Crippen LogP contribution in [0.4, 0.5) is 11.4 Å². The molecule has 2 heterocycles. The topological polar surface area (TPSA) is 79.5 Å². The Kier molecular flexibility index (Phi) is 6.40. The van der Waals surface area contributed by atoms with Crippen molar-refractivity contribution in [3.8, 4) is 5.75 Å². The van der Waals surface area contributed by atoms with Gasteiger partial charge in [0.1, 0.15) is 11.3 Å². The Morgan fingerprint density at radius 3 is 2.87 bits per heavy atom. The lowest BCUT2D eigenvalue weighted by Gasteiger charge is -2.29. The number of halogens is 2.